The Hall–Kier alpha value is -2.99. The predicted molar refractivity (Wildman–Crippen MR) is 97.4 cm³/mol. The van der Waals surface area contributed by atoms with Gasteiger partial charge in [0.1, 0.15) is 6.54 Å². The van der Waals surface area contributed by atoms with Crippen LogP contribution in [0.3, 0.4) is 0 Å². The second-order valence-corrected chi connectivity index (χ2v) is 6.51. The van der Waals surface area contributed by atoms with Crippen LogP contribution in [0.2, 0.25) is 0 Å². The molecule has 26 heavy (non-hydrogen) atoms. The molecule has 0 aliphatic carbocycles. The molecule has 132 valence electrons. The fraction of sp³-hybridized carbons (Fsp3) is 0.250. The number of carboxylic acid groups (broad SMARTS) is 1. The van der Waals surface area contributed by atoms with Gasteiger partial charge in [0.2, 0.25) is 0 Å². The van der Waals surface area contributed by atoms with Gasteiger partial charge in [0.25, 0.3) is 0 Å². The van der Waals surface area contributed by atoms with Crippen molar-refractivity contribution in [1.82, 2.24) is 19.7 Å². The molecule has 0 spiro atoms. The van der Waals surface area contributed by atoms with Crippen LogP contribution in [-0.4, -0.2) is 37.3 Å². The number of rotatable bonds is 5. The Balaban J connectivity index is 1.67. The summed E-state index contributed by atoms with van der Waals surface area (Å²) in [7, 11) is 0. The summed E-state index contributed by atoms with van der Waals surface area (Å²) in [6, 6.07) is 14.2. The smallest absolute Gasteiger partial charge is 0.325 e. The van der Waals surface area contributed by atoms with Crippen LogP contribution in [0.5, 0.6) is 0 Å². The monoisotopic (exact) mass is 348 g/mol. The number of aliphatic carboxylic acids is 1. The topological polar surface area (TPSA) is 71.2 Å². The predicted octanol–water partition coefficient (Wildman–Crippen LogP) is 2.59. The zero-order chi connectivity index (χ0) is 17.9. The van der Waals surface area contributed by atoms with E-state index in [-0.39, 0.29) is 6.54 Å². The molecule has 0 bridgehead atoms. The van der Waals surface area contributed by atoms with E-state index in [1.807, 2.05) is 18.2 Å². The molecule has 1 N–H and O–H groups in total. The third-order valence-corrected chi connectivity index (χ3v) is 4.68. The molecule has 0 amide bonds. The average molecular weight is 348 g/mol. The molecule has 0 saturated carbocycles. The molecular weight excluding hydrogens is 328 g/mol. The number of benzene rings is 1. The molecule has 0 radical (unpaired) electrons. The van der Waals surface area contributed by atoms with Gasteiger partial charge in [0, 0.05) is 55.3 Å². The standard InChI is InChI=1S/C20H20N4O2/c25-19(26)14-24-18-8-10-23(12-15-5-2-1-3-6-15)13-17(18)20(22-24)16-7-4-9-21-11-16/h1-7,9,11H,8,10,12-14H2,(H,25,26). The highest BCUT2D eigenvalue weighted by Crippen LogP contribution is 2.30. The van der Waals surface area contributed by atoms with Crippen molar-refractivity contribution in [2.75, 3.05) is 6.54 Å². The first-order valence-corrected chi connectivity index (χ1v) is 8.68. The molecule has 0 unspecified atom stereocenters. The minimum absolute atomic E-state index is 0.110. The van der Waals surface area contributed by atoms with Crippen molar-refractivity contribution < 1.29 is 9.90 Å². The molecule has 0 saturated heterocycles. The lowest BCUT2D eigenvalue weighted by Crippen LogP contribution is -2.31. The number of hydrogen-bond donors (Lipinski definition) is 1. The third kappa shape index (κ3) is 3.36. The summed E-state index contributed by atoms with van der Waals surface area (Å²) in [5.74, 6) is -0.875. The van der Waals surface area contributed by atoms with Gasteiger partial charge in [-0.25, -0.2) is 0 Å². The lowest BCUT2D eigenvalue weighted by atomic mass is 10.0. The summed E-state index contributed by atoms with van der Waals surface area (Å²) in [5.41, 5.74) is 5.18. The maximum absolute atomic E-state index is 11.2. The van der Waals surface area contributed by atoms with Crippen molar-refractivity contribution in [3.63, 3.8) is 0 Å². The fourth-order valence-corrected chi connectivity index (χ4v) is 3.52. The molecule has 0 fully saturated rings. The van der Waals surface area contributed by atoms with Crippen LogP contribution >= 0.6 is 0 Å². The van der Waals surface area contributed by atoms with Crippen molar-refractivity contribution in [1.29, 1.82) is 0 Å². The van der Waals surface area contributed by atoms with Crippen molar-refractivity contribution in [3.8, 4) is 11.3 Å². The zero-order valence-corrected chi connectivity index (χ0v) is 14.4. The van der Waals surface area contributed by atoms with E-state index >= 15 is 0 Å². The quantitative estimate of drug-likeness (QED) is 0.767. The maximum atomic E-state index is 11.2. The van der Waals surface area contributed by atoms with Gasteiger partial charge in [0.15, 0.2) is 0 Å². The molecule has 6 nitrogen and oxygen atoms in total. The van der Waals surface area contributed by atoms with E-state index in [0.717, 1.165) is 48.6 Å². The lowest BCUT2D eigenvalue weighted by Gasteiger charge is -2.27. The zero-order valence-electron chi connectivity index (χ0n) is 14.4. The van der Waals surface area contributed by atoms with E-state index in [1.54, 1.807) is 17.1 Å². The summed E-state index contributed by atoms with van der Waals surface area (Å²) >= 11 is 0. The first kappa shape index (κ1) is 16.5. The molecule has 3 heterocycles. The molecule has 2 aromatic heterocycles. The van der Waals surface area contributed by atoms with Gasteiger partial charge >= 0.3 is 5.97 Å². The molecule has 3 aromatic rings. The Morgan fingerprint density at radius 3 is 2.73 bits per heavy atom. The molecule has 4 rings (SSSR count). The largest absolute Gasteiger partial charge is 0.480 e. The van der Waals surface area contributed by atoms with Crippen LogP contribution in [0.15, 0.2) is 54.9 Å². The van der Waals surface area contributed by atoms with E-state index in [9.17, 15) is 9.90 Å². The number of fused-ring (bicyclic) bond motifs is 1. The summed E-state index contributed by atoms with van der Waals surface area (Å²) in [6.45, 7) is 2.41. The van der Waals surface area contributed by atoms with Crippen LogP contribution in [-0.2, 0) is 30.8 Å². The number of aromatic nitrogens is 3. The highest BCUT2D eigenvalue weighted by atomic mass is 16.4. The van der Waals surface area contributed by atoms with Crippen molar-refractivity contribution in [2.45, 2.75) is 26.1 Å². The SMILES string of the molecule is O=C(O)Cn1nc(-c2cccnc2)c2c1CCN(Cc1ccccc1)C2. The first-order valence-electron chi connectivity index (χ1n) is 8.68. The summed E-state index contributed by atoms with van der Waals surface area (Å²) in [5, 5.41) is 13.8. The van der Waals surface area contributed by atoms with Crippen molar-refractivity contribution in [3.05, 3.63) is 71.7 Å². The highest BCUT2D eigenvalue weighted by Gasteiger charge is 2.26. The fourth-order valence-electron chi connectivity index (χ4n) is 3.52. The minimum Gasteiger partial charge on any atom is -0.480 e. The average Bonchev–Trinajstić information content (AvgIpc) is 3.00. The molecule has 6 heteroatoms. The van der Waals surface area contributed by atoms with E-state index < -0.39 is 5.97 Å². The Morgan fingerprint density at radius 2 is 2.00 bits per heavy atom. The molecular formula is C20H20N4O2. The van der Waals surface area contributed by atoms with Gasteiger partial charge < -0.3 is 5.11 Å². The summed E-state index contributed by atoms with van der Waals surface area (Å²) in [6.07, 6.45) is 4.30. The first-order chi connectivity index (χ1) is 12.7. The van der Waals surface area contributed by atoms with Gasteiger partial charge in [-0.3, -0.25) is 19.4 Å². The molecule has 0 atom stereocenters. The van der Waals surface area contributed by atoms with E-state index in [4.69, 9.17) is 0 Å². The Bertz CT molecular complexity index is 906. The third-order valence-electron chi connectivity index (χ3n) is 4.68. The van der Waals surface area contributed by atoms with Gasteiger partial charge in [-0.05, 0) is 17.7 Å². The van der Waals surface area contributed by atoms with Crippen LogP contribution in [0.1, 0.15) is 16.8 Å². The Labute approximate surface area is 151 Å². The van der Waals surface area contributed by atoms with Gasteiger partial charge in [0.05, 0.1) is 5.69 Å². The number of carboxylic acids is 1. The molecule has 1 aliphatic rings. The van der Waals surface area contributed by atoms with Crippen molar-refractivity contribution in [2.24, 2.45) is 0 Å². The highest BCUT2D eigenvalue weighted by molar-refractivity contribution is 5.68. The number of hydrogen-bond acceptors (Lipinski definition) is 4. The maximum Gasteiger partial charge on any atom is 0.325 e. The Kier molecular flexibility index (Phi) is 4.50. The summed E-state index contributed by atoms with van der Waals surface area (Å²) < 4.78 is 1.64. The van der Waals surface area contributed by atoms with E-state index in [1.165, 1.54) is 5.56 Å². The van der Waals surface area contributed by atoms with Crippen LogP contribution in [0.25, 0.3) is 11.3 Å². The van der Waals surface area contributed by atoms with Crippen molar-refractivity contribution >= 4 is 5.97 Å². The van der Waals surface area contributed by atoms with E-state index in [2.05, 4.69) is 39.2 Å². The van der Waals surface area contributed by atoms with Gasteiger partial charge in [-0.2, -0.15) is 5.10 Å². The van der Waals surface area contributed by atoms with Crippen LogP contribution in [0, 0.1) is 0 Å². The normalized spacial score (nSPS) is 14.2. The Morgan fingerprint density at radius 1 is 1.15 bits per heavy atom. The summed E-state index contributed by atoms with van der Waals surface area (Å²) in [4.78, 5) is 17.8. The molecule has 1 aliphatic heterocycles. The number of carbonyl (C=O) groups is 1. The van der Waals surface area contributed by atoms with Crippen LogP contribution in [0.4, 0.5) is 0 Å². The second kappa shape index (κ2) is 7.09. The van der Waals surface area contributed by atoms with E-state index in [0.29, 0.717) is 0 Å². The van der Waals surface area contributed by atoms with Crippen LogP contribution < -0.4 is 0 Å². The van der Waals surface area contributed by atoms with Gasteiger partial charge in [-0.15, -0.1) is 0 Å². The second-order valence-electron chi connectivity index (χ2n) is 6.51. The molecule has 1 aromatic carbocycles. The number of pyridine rings is 1. The minimum atomic E-state index is -0.875. The number of nitrogens with zero attached hydrogens (tertiary/aromatic N) is 4. The lowest BCUT2D eigenvalue weighted by molar-refractivity contribution is -0.137. The van der Waals surface area contributed by atoms with Gasteiger partial charge in [-0.1, -0.05) is 30.3 Å².